The number of amides is 2. The monoisotopic (exact) mass is 308 g/mol. The van der Waals surface area contributed by atoms with Gasteiger partial charge in [0.25, 0.3) is 11.8 Å². The molecule has 1 aromatic carbocycles. The molecule has 2 heterocycles. The Balaban J connectivity index is 1.87. The van der Waals surface area contributed by atoms with E-state index in [-0.39, 0.29) is 21.2 Å². The van der Waals surface area contributed by atoms with Crippen LogP contribution >= 0.6 is 22.9 Å². The van der Waals surface area contributed by atoms with E-state index in [0.29, 0.717) is 5.06 Å². The molecule has 0 radical (unpaired) electrons. The summed E-state index contributed by atoms with van der Waals surface area (Å²) in [5.74, 6) is -2.26. The minimum absolute atomic E-state index is 0.0308. The van der Waals surface area contributed by atoms with Crippen LogP contribution in [0, 0.1) is 0 Å². The average molecular weight is 309 g/mol. The number of thiazole rings is 1. The summed E-state index contributed by atoms with van der Waals surface area (Å²) in [7, 11) is 0. The molecule has 0 N–H and O–H groups in total. The van der Waals surface area contributed by atoms with Crippen molar-refractivity contribution < 1.29 is 19.2 Å². The number of carbonyl (C=O) groups excluding carboxylic acids is 3. The quantitative estimate of drug-likeness (QED) is 0.795. The summed E-state index contributed by atoms with van der Waals surface area (Å²) < 4.78 is 0. The number of fused-ring (bicyclic) bond motifs is 1. The lowest BCUT2D eigenvalue weighted by atomic mass is 10.1. The largest absolute Gasteiger partial charge is 0.377 e. The normalized spacial score (nSPS) is 13.6. The van der Waals surface area contributed by atoms with Gasteiger partial charge in [-0.1, -0.05) is 28.8 Å². The van der Waals surface area contributed by atoms with Crippen LogP contribution in [0.4, 0.5) is 0 Å². The number of hydrogen-bond donors (Lipinski definition) is 0. The van der Waals surface area contributed by atoms with Crippen molar-refractivity contribution in [2.45, 2.75) is 0 Å². The molecule has 100 valence electrons. The average Bonchev–Trinajstić information content (AvgIpc) is 2.97. The zero-order chi connectivity index (χ0) is 14.3. The maximum atomic E-state index is 12.0. The molecule has 0 bridgehead atoms. The molecular weight excluding hydrogens is 304 g/mol. The second-order valence-corrected chi connectivity index (χ2v) is 5.01. The predicted octanol–water partition coefficient (Wildman–Crippen LogP) is 2.16. The van der Waals surface area contributed by atoms with E-state index in [2.05, 4.69) is 4.98 Å². The van der Waals surface area contributed by atoms with Gasteiger partial charge in [0.2, 0.25) is 0 Å². The van der Waals surface area contributed by atoms with E-state index in [1.165, 1.54) is 17.6 Å². The maximum Gasteiger partial charge on any atom is 0.377 e. The number of hydrogen-bond acceptors (Lipinski definition) is 6. The Kier molecular flexibility index (Phi) is 3.00. The van der Waals surface area contributed by atoms with Crippen LogP contribution in [0.2, 0.25) is 5.15 Å². The van der Waals surface area contributed by atoms with Crippen molar-refractivity contribution in [1.82, 2.24) is 10.0 Å². The number of benzene rings is 1. The standard InChI is InChI=1S/C12H5ClN2O4S/c13-9-8(20-5-14-9)12(18)19-15-10(16)6-3-1-2-4-7(6)11(15)17/h1-5H. The van der Waals surface area contributed by atoms with Crippen molar-refractivity contribution >= 4 is 40.7 Å². The van der Waals surface area contributed by atoms with Gasteiger partial charge in [-0.25, -0.2) is 9.78 Å². The van der Waals surface area contributed by atoms with Gasteiger partial charge >= 0.3 is 5.97 Å². The lowest BCUT2D eigenvalue weighted by Gasteiger charge is -2.11. The zero-order valence-corrected chi connectivity index (χ0v) is 11.3. The molecule has 0 atom stereocenters. The summed E-state index contributed by atoms with van der Waals surface area (Å²) >= 11 is 6.65. The van der Waals surface area contributed by atoms with E-state index in [1.807, 2.05) is 0 Å². The highest BCUT2D eigenvalue weighted by molar-refractivity contribution is 7.12. The number of hydroxylamine groups is 2. The molecule has 1 aromatic heterocycles. The van der Waals surface area contributed by atoms with E-state index in [1.54, 1.807) is 12.1 Å². The summed E-state index contributed by atoms with van der Waals surface area (Å²) in [5, 5.41) is 0.403. The Morgan fingerprint density at radius 3 is 2.30 bits per heavy atom. The molecule has 6 nitrogen and oxygen atoms in total. The van der Waals surface area contributed by atoms with Gasteiger partial charge in [-0.2, -0.15) is 0 Å². The minimum Gasteiger partial charge on any atom is -0.323 e. The third-order valence-corrected chi connectivity index (χ3v) is 3.85. The molecule has 2 aromatic rings. The fourth-order valence-electron chi connectivity index (χ4n) is 1.74. The summed E-state index contributed by atoms with van der Waals surface area (Å²) in [6, 6.07) is 6.22. The molecule has 20 heavy (non-hydrogen) atoms. The summed E-state index contributed by atoms with van der Waals surface area (Å²) in [5.41, 5.74) is 1.75. The fraction of sp³-hybridized carbons (Fsp3) is 0. The number of rotatable bonds is 2. The lowest BCUT2D eigenvalue weighted by molar-refractivity contribution is -0.0581. The summed E-state index contributed by atoms with van der Waals surface area (Å²) in [4.78, 5) is 44.3. The minimum atomic E-state index is -0.896. The van der Waals surface area contributed by atoms with Crippen LogP contribution in [0.1, 0.15) is 30.4 Å². The van der Waals surface area contributed by atoms with Crippen LogP contribution in [-0.4, -0.2) is 27.8 Å². The third kappa shape index (κ3) is 1.87. The predicted molar refractivity (Wildman–Crippen MR) is 69.5 cm³/mol. The second kappa shape index (κ2) is 4.69. The number of halogens is 1. The van der Waals surface area contributed by atoms with Crippen LogP contribution in [0.3, 0.4) is 0 Å². The second-order valence-electron chi connectivity index (χ2n) is 3.80. The van der Waals surface area contributed by atoms with Crippen LogP contribution in [0.5, 0.6) is 0 Å². The van der Waals surface area contributed by atoms with Crippen molar-refractivity contribution in [3.8, 4) is 0 Å². The van der Waals surface area contributed by atoms with Crippen molar-refractivity contribution in [1.29, 1.82) is 0 Å². The van der Waals surface area contributed by atoms with Gasteiger partial charge in [-0.15, -0.1) is 11.3 Å². The molecule has 1 aliphatic heterocycles. The van der Waals surface area contributed by atoms with Crippen molar-refractivity contribution in [2.24, 2.45) is 0 Å². The van der Waals surface area contributed by atoms with E-state index in [4.69, 9.17) is 16.4 Å². The van der Waals surface area contributed by atoms with Crippen LogP contribution in [0.15, 0.2) is 29.8 Å². The molecule has 0 saturated carbocycles. The first-order valence-electron chi connectivity index (χ1n) is 5.38. The number of aromatic nitrogens is 1. The van der Waals surface area contributed by atoms with Gasteiger partial charge in [0, 0.05) is 0 Å². The van der Waals surface area contributed by atoms with Crippen LogP contribution < -0.4 is 0 Å². The van der Waals surface area contributed by atoms with E-state index in [9.17, 15) is 14.4 Å². The first kappa shape index (κ1) is 12.8. The molecule has 2 amide bonds. The van der Waals surface area contributed by atoms with Crippen molar-refractivity contribution in [3.63, 3.8) is 0 Å². The smallest absolute Gasteiger partial charge is 0.323 e. The Morgan fingerprint density at radius 1 is 1.20 bits per heavy atom. The molecule has 3 rings (SSSR count). The van der Waals surface area contributed by atoms with E-state index < -0.39 is 17.8 Å². The highest BCUT2D eigenvalue weighted by atomic mass is 35.5. The van der Waals surface area contributed by atoms with Crippen LogP contribution in [0.25, 0.3) is 0 Å². The van der Waals surface area contributed by atoms with Gasteiger partial charge < -0.3 is 4.84 Å². The Labute approximate surface area is 121 Å². The molecule has 1 aliphatic rings. The van der Waals surface area contributed by atoms with Crippen molar-refractivity contribution in [3.05, 3.63) is 50.9 Å². The summed E-state index contributed by atoms with van der Waals surface area (Å²) in [6.45, 7) is 0. The first-order chi connectivity index (χ1) is 9.59. The zero-order valence-electron chi connectivity index (χ0n) is 9.70. The van der Waals surface area contributed by atoms with Gasteiger partial charge in [-0.05, 0) is 12.1 Å². The fourth-order valence-corrected chi connectivity index (χ4v) is 2.60. The Hall–Kier alpha value is -2.25. The van der Waals surface area contributed by atoms with Gasteiger partial charge in [-0.3, -0.25) is 9.59 Å². The SMILES string of the molecule is O=C(ON1C(=O)c2ccccc2C1=O)c1scnc1Cl. The molecule has 8 heteroatoms. The molecular formula is C12H5ClN2O4S. The van der Waals surface area contributed by atoms with E-state index in [0.717, 1.165) is 11.3 Å². The van der Waals surface area contributed by atoms with E-state index >= 15 is 0 Å². The maximum absolute atomic E-state index is 12.0. The summed E-state index contributed by atoms with van der Waals surface area (Å²) in [6.07, 6.45) is 0. The first-order valence-corrected chi connectivity index (χ1v) is 6.64. The van der Waals surface area contributed by atoms with Gasteiger partial charge in [0.15, 0.2) is 10.0 Å². The number of carbonyl (C=O) groups is 3. The Morgan fingerprint density at radius 2 is 1.80 bits per heavy atom. The van der Waals surface area contributed by atoms with Crippen molar-refractivity contribution in [2.75, 3.05) is 0 Å². The molecule has 0 aliphatic carbocycles. The molecule has 0 unspecified atom stereocenters. The third-order valence-electron chi connectivity index (χ3n) is 2.64. The highest BCUT2D eigenvalue weighted by Crippen LogP contribution is 2.25. The topological polar surface area (TPSA) is 76.6 Å². The van der Waals surface area contributed by atoms with Gasteiger partial charge in [0.05, 0.1) is 16.6 Å². The number of imide groups is 1. The van der Waals surface area contributed by atoms with Crippen LogP contribution in [-0.2, 0) is 4.84 Å². The number of nitrogens with zero attached hydrogens (tertiary/aromatic N) is 2. The molecule has 0 spiro atoms. The van der Waals surface area contributed by atoms with Gasteiger partial charge in [0.1, 0.15) is 0 Å². The Bertz CT molecular complexity index is 708. The highest BCUT2D eigenvalue weighted by Gasteiger charge is 2.39. The molecule has 0 fully saturated rings. The molecule has 0 saturated heterocycles. The lowest BCUT2D eigenvalue weighted by Crippen LogP contribution is -2.32.